The van der Waals surface area contributed by atoms with E-state index in [4.69, 9.17) is 0 Å². The molecule has 1 saturated heterocycles. The summed E-state index contributed by atoms with van der Waals surface area (Å²) in [4.78, 5) is 2.49. The van der Waals surface area contributed by atoms with E-state index in [1.165, 1.54) is 0 Å². The highest BCUT2D eigenvalue weighted by Crippen LogP contribution is 2.17. The molecule has 102 valence electrons. The van der Waals surface area contributed by atoms with E-state index in [2.05, 4.69) is 44.8 Å². The third-order valence-electron chi connectivity index (χ3n) is 3.49. The lowest BCUT2D eigenvalue weighted by Gasteiger charge is -2.36. The molecule has 1 aliphatic rings. The standard InChI is InChI=1S/C14H30N2O/c1-11(8-15-14(3,4)5)9-16-7-6-13(17)12(2)10-16/h11-13,15,17H,6-10H2,1-5H3. The van der Waals surface area contributed by atoms with Gasteiger partial charge in [-0.25, -0.2) is 0 Å². The molecule has 1 fully saturated rings. The van der Waals surface area contributed by atoms with Crippen molar-refractivity contribution >= 4 is 0 Å². The van der Waals surface area contributed by atoms with Crippen molar-refractivity contribution in [1.82, 2.24) is 10.2 Å². The van der Waals surface area contributed by atoms with Gasteiger partial charge in [0, 0.05) is 25.2 Å². The second-order valence-electron chi connectivity index (χ2n) is 6.83. The van der Waals surface area contributed by atoms with Crippen LogP contribution in [0.25, 0.3) is 0 Å². The topological polar surface area (TPSA) is 35.5 Å². The lowest BCUT2D eigenvalue weighted by atomic mass is 9.96. The van der Waals surface area contributed by atoms with Gasteiger partial charge in [-0.15, -0.1) is 0 Å². The Hall–Kier alpha value is -0.120. The van der Waals surface area contributed by atoms with Gasteiger partial charge in [-0.1, -0.05) is 13.8 Å². The van der Waals surface area contributed by atoms with Crippen molar-refractivity contribution in [3.63, 3.8) is 0 Å². The monoisotopic (exact) mass is 242 g/mol. The van der Waals surface area contributed by atoms with Gasteiger partial charge in [0.1, 0.15) is 0 Å². The van der Waals surface area contributed by atoms with Gasteiger partial charge in [-0.3, -0.25) is 0 Å². The van der Waals surface area contributed by atoms with Crippen LogP contribution in [0.15, 0.2) is 0 Å². The van der Waals surface area contributed by atoms with Crippen LogP contribution < -0.4 is 5.32 Å². The van der Waals surface area contributed by atoms with E-state index >= 15 is 0 Å². The van der Waals surface area contributed by atoms with Crippen molar-refractivity contribution in [3.05, 3.63) is 0 Å². The van der Waals surface area contributed by atoms with Crippen molar-refractivity contribution in [2.24, 2.45) is 11.8 Å². The van der Waals surface area contributed by atoms with Crippen molar-refractivity contribution in [2.45, 2.75) is 52.7 Å². The first-order valence-electron chi connectivity index (χ1n) is 6.93. The Labute approximate surface area is 107 Å². The molecule has 0 bridgehead atoms. The number of hydrogen-bond donors (Lipinski definition) is 2. The zero-order valence-corrected chi connectivity index (χ0v) is 12.2. The van der Waals surface area contributed by atoms with Gasteiger partial charge < -0.3 is 15.3 Å². The minimum absolute atomic E-state index is 0.0887. The van der Waals surface area contributed by atoms with Gasteiger partial charge in [-0.2, -0.15) is 0 Å². The minimum Gasteiger partial charge on any atom is -0.393 e. The van der Waals surface area contributed by atoms with Crippen molar-refractivity contribution in [2.75, 3.05) is 26.2 Å². The van der Waals surface area contributed by atoms with Crippen molar-refractivity contribution < 1.29 is 5.11 Å². The molecule has 1 rings (SSSR count). The van der Waals surface area contributed by atoms with E-state index in [0.29, 0.717) is 11.8 Å². The number of piperidine rings is 1. The predicted molar refractivity (Wildman–Crippen MR) is 73.1 cm³/mol. The van der Waals surface area contributed by atoms with E-state index in [-0.39, 0.29) is 11.6 Å². The molecule has 0 aliphatic carbocycles. The van der Waals surface area contributed by atoms with Gasteiger partial charge in [-0.05, 0) is 45.6 Å². The third-order valence-corrected chi connectivity index (χ3v) is 3.49. The average Bonchev–Trinajstić information content (AvgIpc) is 2.20. The molecule has 0 amide bonds. The highest BCUT2D eigenvalue weighted by Gasteiger charge is 2.25. The summed E-state index contributed by atoms with van der Waals surface area (Å²) < 4.78 is 0. The Bertz CT molecular complexity index is 225. The highest BCUT2D eigenvalue weighted by atomic mass is 16.3. The van der Waals surface area contributed by atoms with Crippen LogP contribution in [0.5, 0.6) is 0 Å². The van der Waals surface area contributed by atoms with Gasteiger partial charge >= 0.3 is 0 Å². The third kappa shape index (κ3) is 5.84. The van der Waals surface area contributed by atoms with Crippen LogP contribution in [0.3, 0.4) is 0 Å². The zero-order chi connectivity index (χ0) is 13.1. The van der Waals surface area contributed by atoms with Crippen molar-refractivity contribution in [3.8, 4) is 0 Å². The van der Waals surface area contributed by atoms with Gasteiger partial charge in [0.25, 0.3) is 0 Å². The number of hydrogen-bond acceptors (Lipinski definition) is 3. The molecule has 2 N–H and O–H groups in total. The fourth-order valence-corrected chi connectivity index (χ4v) is 2.37. The van der Waals surface area contributed by atoms with Crippen molar-refractivity contribution in [1.29, 1.82) is 0 Å². The molecule has 3 heteroatoms. The number of aliphatic hydroxyl groups excluding tert-OH is 1. The normalized spacial score (nSPS) is 29.3. The summed E-state index contributed by atoms with van der Waals surface area (Å²) in [7, 11) is 0. The molecule has 3 atom stereocenters. The SMILES string of the molecule is CC(CNC(C)(C)C)CN1CCC(O)C(C)C1. The van der Waals surface area contributed by atoms with E-state index in [9.17, 15) is 5.11 Å². The van der Waals surface area contributed by atoms with Crippen LogP contribution in [0.4, 0.5) is 0 Å². The smallest absolute Gasteiger partial charge is 0.0590 e. The highest BCUT2D eigenvalue weighted by molar-refractivity contribution is 4.79. The minimum atomic E-state index is -0.0887. The summed E-state index contributed by atoms with van der Waals surface area (Å²) >= 11 is 0. The number of nitrogens with one attached hydrogen (secondary N) is 1. The van der Waals surface area contributed by atoms with Crippen LogP contribution in [0.1, 0.15) is 41.0 Å². The molecule has 0 saturated carbocycles. The number of nitrogens with zero attached hydrogens (tertiary/aromatic N) is 1. The molecule has 3 nitrogen and oxygen atoms in total. The first kappa shape index (κ1) is 14.9. The van der Waals surface area contributed by atoms with Crippen LogP contribution in [0, 0.1) is 11.8 Å². The average molecular weight is 242 g/mol. The summed E-state index contributed by atoms with van der Waals surface area (Å²) in [5, 5.41) is 13.3. The summed E-state index contributed by atoms with van der Waals surface area (Å²) in [6, 6.07) is 0. The van der Waals surface area contributed by atoms with E-state index in [1.54, 1.807) is 0 Å². The molecule has 17 heavy (non-hydrogen) atoms. The maximum atomic E-state index is 9.70. The first-order valence-corrected chi connectivity index (χ1v) is 6.93. The second-order valence-corrected chi connectivity index (χ2v) is 6.83. The second kappa shape index (κ2) is 6.17. The molecule has 0 spiro atoms. The van der Waals surface area contributed by atoms with Gasteiger partial charge in [0.05, 0.1) is 6.10 Å². The molecule has 0 aromatic rings. The molecule has 3 unspecified atom stereocenters. The largest absolute Gasteiger partial charge is 0.393 e. The summed E-state index contributed by atoms with van der Waals surface area (Å²) in [6.45, 7) is 15.4. The quantitative estimate of drug-likeness (QED) is 0.788. The van der Waals surface area contributed by atoms with Gasteiger partial charge in [0.2, 0.25) is 0 Å². The molecular formula is C14H30N2O. The van der Waals surface area contributed by atoms with Gasteiger partial charge in [0.15, 0.2) is 0 Å². The summed E-state index contributed by atoms with van der Waals surface area (Å²) in [5.41, 5.74) is 0.208. The lowest BCUT2D eigenvalue weighted by Crippen LogP contribution is -2.46. The summed E-state index contributed by atoms with van der Waals surface area (Å²) in [6.07, 6.45) is 0.842. The Morgan fingerprint density at radius 1 is 1.41 bits per heavy atom. The number of aliphatic hydroxyl groups is 1. The molecule has 0 aromatic heterocycles. The molecule has 1 heterocycles. The van der Waals surface area contributed by atoms with E-state index in [1.807, 2.05) is 0 Å². The number of rotatable bonds is 4. The Morgan fingerprint density at radius 2 is 2.06 bits per heavy atom. The fourth-order valence-electron chi connectivity index (χ4n) is 2.37. The summed E-state index contributed by atoms with van der Waals surface area (Å²) in [5.74, 6) is 1.09. The Morgan fingerprint density at radius 3 is 2.59 bits per heavy atom. The fraction of sp³-hybridized carbons (Fsp3) is 1.00. The maximum Gasteiger partial charge on any atom is 0.0590 e. The Balaban J connectivity index is 2.25. The number of likely N-dealkylation sites (tertiary alicyclic amines) is 1. The molecule has 0 aromatic carbocycles. The van der Waals surface area contributed by atoms with E-state index < -0.39 is 0 Å². The Kier molecular flexibility index (Phi) is 5.42. The van der Waals surface area contributed by atoms with Crippen LogP contribution in [-0.2, 0) is 0 Å². The maximum absolute atomic E-state index is 9.70. The van der Waals surface area contributed by atoms with Crippen LogP contribution in [0.2, 0.25) is 0 Å². The zero-order valence-electron chi connectivity index (χ0n) is 12.2. The molecule has 1 aliphatic heterocycles. The van der Waals surface area contributed by atoms with E-state index in [0.717, 1.165) is 32.6 Å². The predicted octanol–water partition coefficient (Wildman–Crippen LogP) is 1.71. The van der Waals surface area contributed by atoms with Crippen LogP contribution >= 0.6 is 0 Å². The molecule has 0 radical (unpaired) electrons. The first-order chi connectivity index (χ1) is 7.78. The van der Waals surface area contributed by atoms with Crippen LogP contribution in [-0.4, -0.2) is 47.8 Å². The lowest BCUT2D eigenvalue weighted by molar-refractivity contribution is 0.0298. The molecular weight excluding hydrogens is 212 g/mol.